The minimum atomic E-state index is -4.81. The van der Waals surface area contributed by atoms with Crippen LogP contribution in [-0.4, -0.2) is 67.8 Å². The van der Waals surface area contributed by atoms with Crippen molar-refractivity contribution in [3.05, 3.63) is 48.2 Å². The number of halogens is 4. The maximum Gasteiger partial charge on any atom is 0.419 e. The Labute approximate surface area is 252 Å². The molecule has 1 aliphatic heterocycles. The van der Waals surface area contributed by atoms with Crippen molar-refractivity contribution in [2.75, 3.05) is 18.4 Å². The van der Waals surface area contributed by atoms with Crippen molar-refractivity contribution in [3.63, 3.8) is 0 Å². The summed E-state index contributed by atoms with van der Waals surface area (Å²) in [5.41, 5.74) is -3.79. The van der Waals surface area contributed by atoms with Crippen LogP contribution in [0.25, 0.3) is 11.3 Å². The first-order valence-corrected chi connectivity index (χ1v) is 15.2. The number of ether oxygens (including phenoxy) is 1. The lowest BCUT2D eigenvalue weighted by molar-refractivity contribution is -0.161. The molecule has 0 bridgehead atoms. The van der Waals surface area contributed by atoms with Crippen LogP contribution in [-0.2, 0) is 32.3 Å². The number of nitrogens with one attached hydrogen (secondary N) is 1. The lowest BCUT2D eigenvalue weighted by Crippen LogP contribution is -2.41. The number of hydrogen-bond acceptors (Lipinski definition) is 9. The van der Waals surface area contributed by atoms with Crippen molar-refractivity contribution < 1.29 is 40.6 Å². The first-order chi connectivity index (χ1) is 20.2. The zero-order valence-electron chi connectivity index (χ0n) is 24.8. The molecule has 240 valence electrons. The molecular formula is C28H34F4N6O5S. The van der Waals surface area contributed by atoms with E-state index in [9.17, 15) is 31.5 Å². The van der Waals surface area contributed by atoms with Gasteiger partial charge in [-0.2, -0.15) is 22.6 Å². The maximum atomic E-state index is 15.1. The first kappa shape index (κ1) is 33.3. The van der Waals surface area contributed by atoms with Crippen molar-refractivity contribution in [3.8, 4) is 11.3 Å². The van der Waals surface area contributed by atoms with E-state index in [1.54, 1.807) is 20.8 Å². The third-order valence-electron chi connectivity index (χ3n) is 6.57. The number of alkyl halides is 3. The fraction of sp³-hybridized carbons (Fsp3) is 0.500. The molecule has 2 N–H and O–H groups in total. The number of carbonyl (C=O) groups is 1. The number of aliphatic hydroxyl groups is 1. The Morgan fingerprint density at radius 2 is 1.77 bits per heavy atom. The molecular weight excluding hydrogens is 608 g/mol. The molecule has 1 fully saturated rings. The topological polar surface area (TPSA) is 140 Å². The van der Waals surface area contributed by atoms with Crippen LogP contribution in [0.4, 0.5) is 29.2 Å². The van der Waals surface area contributed by atoms with E-state index >= 15 is 4.39 Å². The molecule has 0 aliphatic carbocycles. The second kappa shape index (κ2) is 12.0. The highest BCUT2D eigenvalue weighted by atomic mass is 32.2. The number of carbonyl (C=O) groups excluding carboxylic acids is 1. The standard InChI is InChI=1S/C28H34F4N6O5S/c1-26(2,3)43-24(39)17-8-10-38(11-9-17)44(41,42)19-6-7-22(21(29)12-19)35-25-33-14-20(28(30,31)32)23(36-25)18-13-34-37(15-18)16-27(4,5)40/h6-7,12-15,17,40H,8-11,16H2,1-5H3,(H,33,35,36). The number of rotatable bonds is 8. The highest BCUT2D eigenvalue weighted by molar-refractivity contribution is 7.89. The monoisotopic (exact) mass is 642 g/mol. The lowest BCUT2D eigenvalue weighted by Gasteiger charge is -2.31. The normalized spacial score (nSPS) is 15.8. The third-order valence-corrected chi connectivity index (χ3v) is 8.46. The van der Waals surface area contributed by atoms with Gasteiger partial charge in [0.1, 0.15) is 17.0 Å². The molecule has 1 aromatic carbocycles. The first-order valence-electron chi connectivity index (χ1n) is 13.7. The van der Waals surface area contributed by atoms with E-state index in [0.29, 0.717) is 6.20 Å². The molecule has 11 nitrogen and oxygen atoms in total. The van der Waals surface area contributed by atoms with Gasteiger partial charge in [-0.3, -0.25) is 9.48 Å². The third kappa shape index (κ3) is 8.09. The van der Waals surface area contributed by atoms with E-state index in [1.165, 1.54) is 29.0 Å². The smallest absolute Gasteiger partial charge is 0.419 e. The van der Waals surface area contributed by atoms with Gasteiger partial charge < -0.3 is 15.2 Å². The Balaban J connectivity index is 1.52. The molecule has 16 heteroatoms. The molecule has 3 aromatic rings. The fourth-order valence-corrected chi connectivity index (χ4v) is 6.06. The zero-order valence-corrected chi connectivity index (χ0v) is 25.6. The van der Waals surface area contributed by atoms with E-state index in [0.717, 1.165) is 24.4 Å². The van der Waals surface area contributed by atoms with Gasteiger partial charge in [0.25, 0.3) is 0 Å². The summed E-state index contributed by atoms with van der Waals surface area (Å²) in [5.74, 6) is -2.22. The minimum Gasteiger partial charge on any atom is -0.460 e. The van der Waals surface area contributed by atoms with Gasteiger partial charge in [0.2, 0.25) is 16.0 Å². The number of hydrogen-bond donors (Lipinski definition) is 2. The summed E-state index contributed by atoms with van der Waals surface area (Å²) in [6.45, 7) is 8.36. The Morgan fingerprint density at radius 1 is 1.11 bits per heavy atom. The summed E-state index contributed by atoms with van der Waals surface area (Å²) >= 11 is 0. The molecule has 44 heavy (non-hydrogen) atoms. The number of anilines is 2. The van der Waals surface area contributed by atoms with Crippen molar-refractivity contribution in [1.82, 2.24) is 24.1 Å². The van der Waals surface area contributed by atoms with Gasteiger partial charge >= 0.3 is 12.1 Å². The predicted octanol–water partition coefficient (Wildman–Crippen LogP) is 4.75. The predicted molar refractivity (Wildman–Crippen MR) is 152 cm³/mol. The van der Waals surface area contributed by atoms with E-state index in [1.807, 2.05) is 0 Å². The average Bonchev–Trinajstić information content (AvgIpc) is 3.35. The molecule has 2 aromatic heterocycles. The summed E-state index contributed by atoms with van der Waals surface area (Å²) in [6, 6.07) is 3.08. The number of esters is 1. The van der Waals surface area contributed by atoms with Gasteiger partial charge in [0.05, 0.1) is 40.5 Å². The molecule has 0 radical (unpaired) electrons. The molecule has 0 spiro atoms. The van der Waals surface area contributed by atoms with Crippen LogP contribution in [0.3, 0.4) is 0 Å². The van der Waals surface area contributed by atoms with Crippen molar-refractivity contribution >= 4 is 27.6 Å². The quantitative estimate of drug-likeness (QED) is 0.263. The Kier molecular flexibility index (Phi) is 9.11. The van der Waals surface area contributed by atoms with E-state index < -0.39 is 56.4 Å². The molecule has 1 aliphatic rings. The van der Waals surface area contributed by atoms with Crippen LogP contribution < -0.4 is 5.32 Å². The van der Waals surface area contributed by atoms with Crippen LogP contribution in [0.5, 0.6) is 0 Å². The summed E-state index contributed by atoms with van der Waals surface area (Å²) in [4.78, 5) is 19.7. The average molecular weight is 643 g/mol. The molecule has 1 saturated heterocycles. The van der Waals surface area contributed by atoms with Crippen LogP contribution >= 0.6 is 0 Å². The maximum absolute atomic E-state index is 15.1. The largest absolute Gasteiger partial charge is 0.460 e. The number of piperidine rings is 1. The number of benzene rings is 1. The summed E-state index contributed by atoms with van der Waals surface area (Å²) in [5, 5.41) is 16.5. The summed E-state index contributed by atoms with van der Waals surface area (Å²) in [7, 11) is -4.10. The Bertz CT molecular complexity index is 1620. The SMILES string of the molecule is CC(C)(O)Cn1cc(-c2nc(Nc3ccc(S(=O)(=O)N4CCC(C(=O)OC(C)(C)C)CC4)cc3F)ncc2C(F)(F)F)cn1. The fourth-order valence-electron chi connectivity index (χ4n) is 4.58. The van der Waals surface area contributed by atoms with Gasteiger partial charge in [-0.05, 0) is 65.7 Å². The molecule has 0 amide bonds. The van der Waals surface area contributed by atoms with Gasteiger partial charge in [-0.1, -0.05) is 0 Å². The van der Waals surface area contributed by atoms with E-state index in [-0.39, 0.29) is 54.6 Å². The van der Waals surface area contributed by atoms with Crippen LogP contribution in [0.1, 0.15) is 53.0 Å². The molecule has 0 saturated carbocycles. The van der Waals surface area contributed by atoms with Crippen molar-refractivity contribution in [1.29, 1.82) is 0 Å². The van der Waals surface area contributed by atoms with Crippen LogP contribution in [0, 0.1) is 11.7 Å². The van der Waals surface area contributed by atoms with Crippen LogP contribution in [0.2, 0.25) is 0 Å². The van der Waals surface area contributed by atoms with Gasteiger partial charge in [0, 0.05) is 31.0 Å². The number of aromatic nitrogens is 4. The summed E-state index contributed by atoms with van der Waals surface area (Å²) < 4.78 is 90.6. The second-order valence-electron chi connectivity index (χ2n) is 12.2. The molecule has 3 heterocycles. The van der Waals surface area contributed by atoms with Crippen LogP contribution in [0.15, 0.2) is 41.7 Å². The van der Waals surface area contributed by atoms with E-state index in [2.05, 4.69) is 20.4 Å². The summed E-state index contributed by atoms with van der Waals surface area (Å²) in [6.07, 6.45) is -1.31. The van der Waals surface area contributed by atoms with Gasteiger partial charge in [-0.15, -0.1) is 0 Å². The highest BCUT2D eigenvalue weighted by Gasteiger charge is 2.37. The highest BCUT2D eigenvalue weighted by Crippen LogP contribution is 2.36. The van der Waals surface area contributed by atoms with Crippen molar-refractivity contribution in [2.24, 2.45) is 5.92 Å². The van der Waals surface area contributed by atoms with Gasteiger partial charge in [0.15, 0.2) is 0 Å². The Hall–Kier alpha value is -3.63. The van der Waals surface area contributed by atoms with E-state index in [4.69, 9.17) is 4.74 Å². The Morgan fingerprint density at radius 3 is 2.34 bits per heavy atom. The molecule has 0 unspecified atom stereocenters. The molecule has 0 atom stereocenters. The minimum absolute atomic E-state index is 0.00671. The van der Waals surface area contributed by atoms with Gasteiger partial charge in [-0.25, -0.2) is 22.8 Å². The molecule has 4 rings (SSSR count). The number of sulfonamides is 1. The number of nitrogens with zero attached hydrogens (tertiary/aromatic N) is 5. The zero-order chi connectivity index (χ0) is 32.7. The van der Waals surface area contributed by atoms with Crippen molar-refractivity contribution in [2.45, 2.75) is 76.3 Å². The second-order valence-corrected chi connectivity index (χ2v) is 14.1. The lowest BCUT2D eigenvalue weighted by atomic mass is 9.98.